The molecule has 0 radical (unpaired) electrons. The van der Waals surface area contributed by atoms with E-state index in [4.69, 9.17) is 18.8 Å². The van der Waals surface area contributed by atoms with Gasteiger partial charge < -0.3 is 24.6 Å². The van der Waals surface area contributed by atoms with E-state index < -0.39 is 22.0 Å². The van der Waals surface area contributed by atoms with Crippen LogP contribution in [-0.2, 0) is 29.1 Å². The molecule has 5 saturated carbocycles. The molecule has 0 aromatic carbocycles. The van der Waals surface area contributed by atoms with E-state index in [1.54, 1.807) is 0 Å². The summed E-state index contributed by atoms with van der Waals surface area (Å²) in [4.78, 5) is 12.6. The number of amides is 1. The van der Waals surface area contributed by atoms with Gasteiger partial charge in [0.05, 0.1) is 24.1 Å². The van der Waals surface area contributed by atoms with E-state index in [0.29, 0.717) is 60.2 Å². The van der Waals surface area contributed by atoms with Crippen molar-refractivity contribution in [2.24, 2.45) is 75.9 Å². The molecule has 2 heterocycles. The highest BCUT2D eigenvalue weighted by molar-refractivity contribution is 7.85. The van der Waals surface area contributed by atoms with Crippen molar-refractivity contribution in [3.8, 4) is 0 Å². The Labute approximate surface area is 314 Å². The van der Waals surface area contributed by atoms with Crippen LogP contribution in [0.2, 0.25) is 0 Å². The van der Waals surface area contributed by atoms with Crippen LogP contribution >= 0.6 is 0 Å². The molecule has 0 spiro atoms. The number of carbonyl (C=O) groups excluding carboxylic acids is 1. The van der Waals surface area contributed by atoms with Crippen molar-refractivity contribution in [2.75, 3.05) is 12.3 Å². The molecular weight excluding hydrogens is 679 g/mol. The molecule has 5 aliphatic carbocycles. The largest absolute Gasteiger partial charge is 0.393 e. The Balaban J connectivity index is 1.12. The molecule has 7 rings (SSSR count). The average molecular weight is 750 g/mol. The van der Waals surface area contributed by atoms with Gasteiger partial charge in [0, 0.05) is 24.8 Å². The van der Waals surface area contributed by atoms with Gasteiger partial charge in [-0.3, -0.25) is 9.35 Å². The molecule has 10 heteroatoms. The van der Waals surface area contributed by atoms with Crippen LogP contribution in [0.5, 0.6) is 0 Å². The normalized spacial score (nSPS) is 49.4. The second-order valence-corrected chi connectivity index (χ2v) is 21.1. The molecule has 0 aromatic heterocycles. The Bertz CT molecular complexity index is 1380. The minimum Gasteiger partial charge on any atom is -0.393 e. The number of carbonyl (C=O) groups is 1. The van der Waals surface area contributed by atoms with Gasteiger partial charge >= 0.3 is 0 Å². The first-order valence-electron chi connectivity index (χ1n) is 21.5. The number of hydrogen-bond acceptors (Lipinski definition) is 7. The smallest absolute Gasteiger partial charge is 0.266 e. The van der Waals surface area contributed by atoms with E-state index in [2.05, 4.69) is 46.9 Å². The van der Waals surface area contributed by atoms with Gasteiger partial charge in [0.25, 0.3) is 10.1 Å². The predicted molar refractivity (Wildman–Crippen MR) is 200 cm³/mol. The fourth-order valence-electron chi connectivity index (χ4n) is 14.4. The second kappa shape index (κ2) is 15.3. The summed E-state index contributed by atoms with van der Waals surface area (Å²) in [6.45, 7) is 14.0. The Morgan fingerprint density at radius 1 is 0.962 bits per heavy atom. The minimum atomic E-state index is -4.11. The number of hydrogen-bond donors (Lipinski definition) is 3. The highest BCUT2D eigenvalue weighted by Gasteiger charge is 2.66. The quantitative estimate of drug-likeness (QED) is 0.154. The summed E-state index contributed by atoms with van der Waals surface area (Å²) in [6, 6.07) is 0. The monoisotopic (exact) mass is 749 g/mol. The van der Waals surface area contributed by atoms with Crippen LogP contribution in [0.15, 0.2) is 0 Å². The maximum atomic E-state index is 12.6. The summed E-state index contributed by atoms with van der Waals surface area (Å²) >= 11 is 0. The molecule has 7 aliphatic rings. The number of rotatable bonds is 10. The molecule has 7 fully saturated rings. The lowest BCUT2D eigenvalue weighted by molar-refractivity contribution is -0.354. The molecule has 11 unspecified atom stereocenters. The first-order valence-corrected chi connectivity index (χ1v) is 23.1. The van der Waals surface area contributed by atoms with Crippen molar-refractivity contribution >= 4 is 16.0 Å². The molecule has 3 N–H and O–H groups in total. The standard InChI is InChI=1S/C42H71NO8S/c1-7-27-13-15-29-26(4)39(51-40-37(29)30(27)14-12-25(3)49-40)50-34-22-28-10-8-9-19-41(28,5)33-23-35(44)42(6)31(16-17-32(42)38(33)34)24(2)11-18-36(45)43-20-21-52(46,47)48/h24-35,37-40,44H,7-23H2,1-6H3,(H,43,45)(H,46,47,48)/t24-,25?,26-,27-,28?,29?,30?,31?,32?,33?,34-,35+,37?,38?,39?,40?,41+,42-/m1/s1. The molecule has 0 aromatic rings. The van der Waals surface area contributed by atoms with Crippen molar-refractivity contribution in [3.05, 3.63) is 0 Å². The molecule has 2 saturated heterocycles. The van der Waals surface area contributed by atoms with Gasteiger partial charge in [0.15, 0.2) is 12.6 Å². The molecule has 52 heavy (non-hydrogen) atoms. The number of ether oxygens (including phenoxy) is 3. The first kappa shape index (κ1) is 39.5. The highest BCUT2D eigenvalue weighted by atomic mass is 32.2. The van der Waals surface area contributed by atoms with Gasteiger partial charge in [-0.25, -0.2) is 0 Å². The maximum Gasteiger partial charge on any atom is 0.266 e. The van der Waals surface area contributed by atoms with E-state index in [1.165, 1.54) is 51.4 Å². The molecule has 298 valence electrons. The zero-order valence-electron chi connectivity index (χ0n) is 33.0. The fraction of sp³-hybridized carbons (Fsp3) is 0.976. The van der Waals surface area contributed by atoms with Crippen LogP contribution < -0.4 is 5.32 Å². The summed E-state index contributed by atoms with van der Waals surface area (Å²) in [7, 11) is -4.11. The van der Waals surface area contributed by atoms with Gasteiger partial charge in [-0.15, -0.1) is 0 Å². The Kier molecular flexibility index (Phi) is 11.6. The number of fused-ring (bicyclic) bond motifs is 5. The van der Waals surface area contributed by atoms with E-state index in [0.717, 1.165) is 38.0 Å². The van der Waals surface area contributed by atoms with Crippen LogP contribution in [0, 0.1) is 75.9 Å². The second-order valence-electron chi connectivity index (χ2n) is 19.5. The topological polar surface area (TPSA) is 131 Å². The Hall–Kier alpha value is -0.780. The SMILES string of the molecule is CC[C@@H]1CCC2C3C(OC(C)CCC31)OC(O[C@@H]1CC3CCCC[C@]3(C)C3C[C@H](O)[C@@]4(C)C(CCC4[C@H](C)CCC(=O)NCCS(=O)(=O)O)C31)[C@@H]2C. The van der Waals surface area contributed by atoms with Gasteiger partial charge in [0.2, 0.25) is 5.91 Å². The third-order valence-electron chi connectivity index (χ3n) is 17.2. The molecule has 1 amide bonds. The average Bonchev–Trinajstić information content (AvgIpc) is 3.36. The summed E-state index contributed by atoms with van der Waals surface area (Å²) in [5, 5.41) is 15.0. The molecular formula is C42H71NO8S. The maximum absolute atomic E-state index is 12.6. The molecule has 2 aliphatic heterocycles. The zero-order valence-corrected chi connectivity index (χ0v) is 33.8. The third-order valence-corrected chi connectivity index (χ3v) is 17.9. The lowest BCUT2D eigenvalue weighted by Gasteiger charge is -2.64. The van der Waals surface area contributed by atoms with Gasteiger partial charge in [0.1, 0.15) is 0 Å². The predicted octanol–water partition coefficient (Wildman–Crippen LogP) is 7.61. The van der Waals surface area contributed by atoms with Crippen LogP contribution in [0.1, 0.15) is 138 Å². The Morgan fingerprint density at radius 2 is 1.73 bits per heavy atom. The fourth-order valence-corrected chi connectivity index (χ4v) is 14.8. The number of nitrogens with one attached hydrogen (secondary N) is 1. The first-order chi connectivity index (χ1) is 24.7. The van der Waals surface area contributed by atoms with Crippen molar-refractivity contribution < 1.29 is 37.1 Å². The van der Waals surface area contributed by atoms with E-state index in [-0.39, 0.29) is 59.9 Å². The van der Waals surface area contributed by atoms with Crippen molar-refractivity contribution in [3.63, 3.8) is 0 Å². The van der Waals surface area contributed by atoms with Gasteiger partial charge in [-0.2, -0.15) is 8.42 Å². The Morgan fingerprint density at radius 3 is 2.48 bits per heavy atom. The van der Waals surface area contributed by atoms with Crippen LogP contribution in [0.3, 0.4) is 0 Å². The summed E-state index contributed by atoms with van der Waals surface area (Å²) in [6.07, 6.45) is 15.6. The summed E-state index contributed by atoms with van der Waals surface area (Å²) in [5.74, 6) is 4.32. The van der Waals surface area contributed by atoms with E-state index in [1.807, 2.05) is 0 Å². The van der Waals surface area contributed by atoms with Crippen molar-refractivity contribution in [1.29, 1.82) is 0 Å². The lowest BCUT2D eigenvalue weighted by atomic mass is 9.43. The molecule has 18 atom stereocenters. The van der Waals surface area contributed by atoms with E-state index in [9.17, 15) is 18.3 Å². The number of aliphatic hydroxyl groups is 1. The summed E-state index contributed by atoms with van der Waals surface area (Å²) in [5.41, 5.74) is -0.0537. The lowest BCUT2D eigenvalue weighted by Crippen LogP contribution is -2.63. The molecule has 9 nitrogen and oxygen atoms in total. The molecule has 0 bridgehead atoms. The van der Waals surface area contributed by atoms with Crippen LogP contribution in [0.4, 0.5) is 0 Å². The zero-order chi connectivity index (χ0) is 37.2. The third kappa shape index (κ3) is 7.18. The van der Waals surface area contributed by atoms with Gasteiger partial charge in [-0.05, 0) is 142 Å². The van der Waals surface area contributed by atoms with Crippen LogP contribution in [0.25, 0.3) is 0 Å². The van der Waals surface area contributed by atoms with Crippen molar-refractivity contribution in [1.82, 2.24) is 5.32 Å². The van der Waals surface area contributed by atoms with Gasteiger partial charge in [-0.1, -0.05) is 53.9 Å². The van der Waals surface area contributed by atoms with E-state index >= 15 is 0 Å². The number of aliphatic hydroxyl groups excluding tert-OH is 1. The van der Waals surface area contributed by atoms with Crippen molar-refractivity contribution in [2.45, 2.75) is 169 Å². The highest BCUT2D eigenvalue weighted by Crippen LogP contribution is 2.69. The minimum absolute atomic E-state index is 0.0886. The van der Waals surface area contributed by atoms with Crippen LogP contribution in [-0.4, -0.2) is 67.2 Å². The summed E-state index contributed by atoms with van der Waals surface area (Å²) < 4.78 is 52.5.